The highest BCUT2D eigenvalue weighted by atomic mass is 35.5. The van der Waals surface area contributed by atoms with Crippen LogP contribution >= 0.6 is 11.6 Å². The molecular formula is C47H67ClN2O6. The van der Waals surface area contributed by atoms with Gasteiger partial charge in [-0.3, -0.25) is 24.1 Å². The second-order valence-corrected chi connectivity index (χ2v) is 21.8. The number of ether oxygens (including phenoxy) is 1. The predicted octanol–water partition coefficient (Wildman–Crippen LogP) is 9.38. The van der Waals surface area contributed by atoms with Crippen molar-refractivity contribution >= 4 is 35.2 Å². The fourth-order valence-corrected chi connectivity index (χ4v) is 14.5. The van der Waals surface area contributed by atoms with Crippen molar-refractivity contribution < 1.29 is 29.0 Å². The number of rotatable bonds is 8. The van der Waals surface area contributed by atoms with Gasteiger partial charge in [-0.15, -0.1) is 0 Å². The highest BCUT2D eigenvalue weighted by Crippen LogP contribution is 2.77. The van der Waals surface area contributed by atoms with E-state index < -0.39 is 17.4 Å². The van der Waals surface area contributed by atoms with Gasteiger partial charge in [-0.25, -0.2) is 0 Å². The topological polar surface area (TPSA) is 104 Å². The SMILES string of the molecule is CC(C)C1=C2[C@H]3CC[C@@H]4[C@@]5(C)CCC(OC(=O)CC(C)(C)C(=O)O)C(C)(C)[C@@H]5CC[C@@]4(C)[C@]3(C)CC[C@@]2(C2CN(Cc3ccc(Cl)cc3)C(=O)CN2C)CC1=O. The van der Waals surface area contributed by atoms with Crippen LogP contribution in [0.15, 0.2) is 35.4 Å². The fraction of sp³-hybridized carbons (Fsp3) is 0.745. The lowest BCUT2D eigenvalue weighted by Crippen LogP contribution is -2.67. The molecule has 2 unspecified atom stereocenters. The van der Waals surface area contributed by atoms with Crippen molar-refractivity contribution in [2.75, 3.05) is 20.1 Å². The largest absolute Gasteiger partial charge is 0.481 e. The molecule has 8 nitrogen and oxygen atoms in total. The van der Waals surface area contributed by atoms with Crippen molar-refractivity contribution in [3.63, 3.8) is 0 Å². The summed E-state index contributed by atoms with van der Waals surface area (Å²) in [7, 11) is 2.10. The van der Waals surface area contributed by atoms with Crippen molar-refractivity contribution in [3.8, 4) is 0 Å². The summed E-state index contributed by atoms with van der Waals surface area (Å²) in [6.45, 7) is 21.4. The van der Waals surface area contributed by atoms with Crippen molar-refractivity contribution in [3.05, 3.63) is 46.0 Å². The van der Waals surface area contributed by atoms with Crippen LogP contribution in [-0.4, -0.2) is 70.8 Å². The van der Waals surface area contributed by atoms with E-state index in [9.17, 15) is 24.3 Å². The smallest absolute Gasteiger partial charge is 0.309 e. The van der Waals surface area contributed by atoms with Gasteiger partial charge in [0.25, 0.3) is 0 Å². The molecule has 1 N–H and O–H groups in total. The van der Waals surface area contributed by atoms with E-state index in [1.165, 1.54) is 5.57 Å². The molecule has 6 aliphatic rings. The number of allylic oxidation sites excluding steroid dienone is 1. The van der Waals surface area contributed by atoms with Gasteiger partial charge in [-0.1, -0.05) is 77.8 Å². The summed E-state index contributed by atoms with van der Waals surface area (Å²) < 4.78 is 6.20. The lowest BCUT2D eigenvalue weighted by atomic mass is 9.32. The van der Waals surface area contributed by atoms with Crippen LogP contribution in [0.2, 0.25) is 5.02 Å². The zero-order chi connectivity index (χ0) is 41.0. The Labute approximate surface area is 340 Å². The van der Waals surface area contributed by atoms with Gasteiger partial charge in [0.1, 0.15) is 6.10 Å². The maximum atomic E-state index is 14.4. The molecule has 1 amide bonds. The molecule has 1 heterocycles. The first-order valence-corrected chi connectivity index (χ1v) is 21.8. The quantitative estimate of drug-likeness (QED) is 0.262. The number of hydrogen-bond donors (Lipinski definition) is 1. The number of amides is 1. The molecule has 9 atom stereocenters. The van der Waals surface area contributed by atoms with E-state index in [4.69, 9.17) is 16.3 Å². The van der Waals surface area contributed by atoms with Gasteiger partial charge in [-0.2, -0.15) is 0 Å². The number of carboxylic acids is 1. The average molecular weight is 792 g/mol. The van der Waals surface area contributed by atoms with Gasteiger partial charge in [0.05, 0.1) is 18.4 Å². The molecule has 1 aliphatic heterocycles. The van der Waals surface area contributed by atoms with Gasteiger partial charge in [0, 0.05) is 41.4 Å². The Morgan fingerprint density at radius 1 is 0.929 bits per heavy atom. The van der Waals surface area contributed by atoms with Crippen molar-refractivity contribution in [2.24, 2.45) is 56.2 Å². The number of halogens is 1. The maximum absolute atomic E-state index is 14.4. The van der Waals surface area contributed by atoms with Crippen LogP contribution in [0.1, 0.15) is 132 Å². The predicted molar refractivity (Wildman–Crippen MR) is 219 cm³/mol. The Morgan fingerprint density at radius 3 is 2.25 bits per heavy atom. The van der Waals surface area contributed by atoms with E-state index >= 15 is 0 Å². The molecule has 308 valence electrons. The van der Waals surface area contributed by atoms with Crippen molar-refractivity contribution in [2.45, 2.75) is 145 Å². The minimum absolute atomic E-state index is 0.00934. The number of benzene rings is 1. The molecule has 5 aliphatic carbocycles. The third kappa shape index (κ3) is 6.23. The van der Waals surface area contributed by atoms with Gasteiger partial charge in [0.2, 0.25) is 5.91 Å². The van der Waals surface area contributed by atoms with Gasteiger partial charge >= 0.3 is 11.9 Å². The Bertz CT molecular complexity index is 1820. The molecule has 0 radical (unpaired) electrons. The van der Waals surface area contributed by atoms with Crippen LogP contribution in [-0.2, 0) is 30.5 Å². The Hall–Kier alpha value is -2.71. The Morgan fingerprint density at radius 2 is 1.61 bits per heavy atom. The lowest BCUT2D eigenvalue weighted by molar-refractivity contribution is -0.234. The zero-order valence-electron chi connectivity index (χ0n) is 35.7. The average Bonchev–Trinajstić information content (AvgIpc) is 3.41. The van der Waals surface area contributed by atoms with Crippen molar-refractivity contribution in [1.29, 1.82) is 0 Å². The lowest BCUT2D eigenvalue weighted by Gasteiger charge is -2.72. The number of piperazine rings is 1. The second kappa shape index (κ2) is 14.0. The summed E-state index contributed by atoms with van der Waals surface area (Å²) >= 11 is 6.21. The molecule has 1 aromatic rings. The minimum Gasteiger partial charge on any atom is -0.481 e. The summed E-state index contributed by atoms with van der Waals surface area (Å²) in [5.74, 6) is 0.349. The number of carbonyl (C=O) groups is 4. The summed E-state index contributed by atoms with van der Waals surface area (Å²) in [6, 6.07) is 7.85. The van der Waals surface area contributed by atoms with E-state index in [1.54, 1.807) is 13.8 Å². The number of carbonyl (C=O) groups excluding carboxylic acids is 3. The van der Waals surface area contributed by atoms with Gasteiger partial charge < -0.3 is 14.7 Å². The summed E-state index contributed by atoms with van der Waals surface area (Å²) in [5, 5.41) is 10.3. The molecule has 0 bridgehead atoms. The highest BCUT2D eigenvalue weighted by molar-refractivity contribution is 6.30. The maximum Gasteiger partial charge on any atom is 0.309 e. The number of aliphatic carboxylic acids is 1. The first-order chi connectivity index (χ1) is 26.0. The van der Waals surface area contributed by atoms with Crippen LogP contribution in [0.3, 0.4) is 0 Å². The number of nitrogens with zero attached hydrogens (tertiary/aromatic N) is 2. The summed E-state index contributed by atoms with van der Waals surface area (Å²) in [6.07, 6.45) is 8.26. The molecule has 0 spiro atoms. The molecule has 7 rings (SSSR count). The first kappa shape index (κ1) is 41.4. The molecule has 56 heavy (non-hydrogen) atoms. The Balaban J connectivity index is 1.19. The Kier molecular flexibility index (Phi) is 10.3. The molecule has 5 fully saturated rings. The zero-order valence-corrected chi connectivity index (χ0v) is 36.5. The normalized spacial score (nSPS) is 38.5. The number of Topliss-reactive ketones (excluding diaryl/α,β-unsaturated/α-hetero) is 1. The molecule has 1 aromatic carbocycles. The number of ketones is 1. The standard InChI is InChI=1S/C47H67ClN2O6/c1-28(2)39-32(51)23-47(35-26-50(37(52)27-49(35)10)25-29-11-13-30(48)14-12-29)22-21-45(8)31(40(39)47)15-16-34-44(7)19-18-36(56-38(53)24-42(3,4)41(54)55)43(5,6)33(44)17-20-46(34,45)9/h11-14,28,31,33-36H,15-27H2,1-10H3,(H,54,55)/t31-,33+,34-,35?,36?,44+,45-,46-,47+/m1/s1. The van der Waals surface area contributed by atoms with E-state index in [0.29, 0.717) is 54.6 Å². The first-order valence-electron chi connectivity index (χ1n) is 21.4. The second-order valence-electron chi connectivity index (χ2n) is 21.4. The number of fused-ring (bicyclic) bond motifs is 7. The van der Waals surface area contributed by atoms with E-state index in [2.05, 4.69) is 60.4 Å². The monoisotopic (exact) mass is 790 g/mol. The molecule has 4 saturated carbocycles. The van der Waals surface area contributed by atoms with Crippen LogP contribution < -0.4 is 0 Å². The molecular weight excluding hydrogens is 724 g/mol. The van der Waals surface area contributed by atoms with Crippen LogP contribution in [0, 0.1) is 56.2 Å². The molecule has 0 aromatic heterocycles. The van der Waals surface area contributed by atoms with Crippen LogP contribution in [0.5, 0.6) is 0 Å². The number of hydrogen-bond acceptors (Lipinski definition) is 6. The van der Waals surface area contributed by atoms with Crippen molar-refractivity contribution in [1.82, 2.24) is 9.80 Å². The van der Waals surface area contributed by atoms with E-state index in [0.717, 1.165) is 62.5 Å². The number of esters is 1. The van der Waals surface area contributed by atoms with E-state index in [-0.39, 0.29) is 57.5 Å². The van der Waals surface area contributed by atoms with E-state index in [1.807, 2.05) is 29.2 Å². The fourth-order valence-electron chi connectivity index (χ4n) is 14.3. The van der Waals surface area contributed by atoms with Gasteiger partial charge in [0.15, 0.2) is 5.78 Å². The number of likely N-dealkylation sites (N-methyl/N-ethyl adjacent to an activating group) is 1. The minimum atomic E-state index is -1.17. The summed E-state index contributed by atoms with van der Waals surface area (Å²) in [5.41, 5.74) is 2.01. The number of carboxylic acid groups (broad SMARTS) is 1. The van der Waals surface area contributed by atoms with Crippen LogP contribution in [0.25, 0.3) is 0 Å². The highest BCUT2D eigenvalue weighted by Gasteiger charge is 2.71. The third-order valence-corrected chi connectivity index (χ3v) is 17.7. The molecule has 9 heteroatoms. The third-order valence-electron chi connectivity index (χ3n) is 17.4. The molecule has 1 saturated heterocycles. The van der Waals surface area contributed by atoms with Gasteiger partial charge in [-0.05, 0) is 135 Å². The van der Waals surface area contributed by atoms with Crippen LogP contribution in [0.4, 0.5) is 0 Å². The summed E-state index contributed by atoms with van der Waals surface area (Å²) in [4.78, 5) is 57.3.